The summed E-state index contributed by atoms with van der Waals surface area (Å²) in [6.45, 7) is 3.77. The number of aromatic nitrogens is 6. The number of rotatable bonds is 1. The zero-order valence-electron chi connectivity index (χ0n) is 13.8. The van der Waals surface area contributed by atoms with Crippen molar-refractivity contribution in [2.24, 2.45) is 14.1 Å². The second-order valence-corrected chi connectivity index (χ2v) is 5.11. The standard InChI is InChI=1S/C7H9N5.C7H11N3O/c1-4-5-6(11-7(8)10-4)12(2)3-9-5;1-5-4-10(3)7(11)9-6(5)8-2/h3H,1-2H3,(H2,8,10,11);4H,1-3H3,(H,8,9,11). The lowest BCUT2D eigenvalue weighted by Gasteiger charge is -2.03. The minimum absolute atomic E-state index is 0.236. The number of nitrogens with zero attached hydrogens (tertiary/aromatic N) is 6. The molecule has 0 amide bonds. The predicted molar refractivity (Wildman–Crippen MR) is 89.2 cm³/mol. The molecule has 0 bridgehead atoms. The number of hydrogen-bond donors (Lipinski definition) is 2. The van der Waals surface area contributed by atoms with Gasteiger partial charge in [-0.05, 0) is 13.8 Å². The Morgan fingerprint density at radius 1 is 1.13 bits per heavy atom. The molecule has 0 fully saturated rings. The topological polar surface area (TPSA) is 117 Å². The number of fused-ring (bicyclic) bond motifs is 1. The van der Waals surface area contributed by atoms with E-state index < -0.39 is 0 Å². The van der Waals surface area contributed by atoms with Crippen LogP contribution in [-0.2, 0) is 14.1 Å². The minimum Gasteiger partial charge on any atom is -0.373 e. The molecule has 0 atom stereocenters. The smallest absolute Gasteiger partial charge is 0.349 e. The van der Waals surface area contributed by atoms with Crippen LogP contribution in [0.15, 0.2) is 17.3 Å². The van der Waals surface area contributed by atoms with Crippen LogP contribution in [0.3, 0.4) is 0 Å². The van der Waals surface area contributed by atoms with E-state index in [1.54, 1.807) is 26.6 Å². The maximum absolute atomic E-state index is 11.0. The molecule has 9 heteroatoms. The summed E-state index contributed by atoms with van der Waals surface area (Å²) >= 11 is 0. The van der Waals surface area contributed by atoms with Crippen LogP contribution < -0.4 is 16.7 Å². The lowest BCUT2D eigenvalue weighted by atomic mass is 10.3. The Bertz CT molecular complexity index is 896. The van der Waals surface area contributed by atoms with Gasteiger partial charge in [0.15, 0.2) is 5.65 Å². The van der Waals surface area contributed by atoms with E-state index in [1.807, 2.05) is 25.5 Å². The number of hydrogen-bond acceptors (Lipinski definition) is 7. The van der Waals surface area contributed by atoms with Gasteiger partial charge in [-0.3, -0.25) is 0 Å². The predicted octanol–water partition coefficient (Wildman–Crippen LogP) is 0.384. The minimum atomic E-state index is -0.236. The van der Waals surface area contributed by atoms with Gasteiger partial charge in [-0.2, -0.15) is 9.97 Å². The summed E-state index contributed by atoms with van der Waals surface area (Å²) in [6, 6.07) is 0. The molecule has 0 radical (unpaired) electrons. The summed E-state index contributed by atoms with van der Waals surface area (Å²) in [5.74, 6) is 0.941. The zero-order chi connectivity index (χ0) is 17.1. The first-order valence-electron chi connectivity index (χ1n) is 6.96. The molecule has 0 saturated heterocycles. The molecular weight excluding hydrogens is 296 g/mol. The number of imidazole rings is 1. The molecule has 0 unspecified atom stereocenters. The van der Waals surface area contributed by atoms with Crippen LogP contribution in [0, 0.1) is 13.8 Å². The maximum atomic E-state index is 11.0. The lowest BCUT2D eigenvalue weighted by Crippen LogP contribution is -2.21. The number of nitrogen functional groups attached to an aromatic ring is 1. The van der Waals surface area contributed by atoms with Gasteiger partial charge in [-0.25, -0.2) is 14.8 Å². The Morgan fingerprint density at radius 2 is 1.83 bits per heavy atom. The van der Waals surface area contributed by atoms with Crippen molar-refractivity contribution < 1.29 is 0 Å². The molecule has 0 aliphatic carbocycles. The third-order valence-electron chi connectivity index (χ3n) is 3.26. The summed E-state index contributed by atoms with van der Waals surface area (Å²) < 4.78 is 3.27. The highest BCUT2D eigenvalue weighted by atomic mass is 16.1. The molecule has 122 valence electrons. The molecule has 9 nitrogen and oxygen atoms in total. The van der Waals surface area contributed by atoms with Gasteiger partial charge in [0.25, 0.3) is 0 Å². The first-order chi connectivity index (χ1) is 10.8. The fourth-order valence-electron chi connectivity index (χ4n) is 2.09. The average Bonchev–Trinajstić information content (AvgIpc) is 2.85. The molecule has 0 aliphatic heterocycles. The molecule has 0 saturated carbocycles. The van der Waals surface area contributed by atoms with Gasteiger partial charge in [0.05, 0.1) is 12.0 Å². The van der Waals surface area contributed by atoms with Crippen molar-refractivity contribution >= 4 is 22.9 Å². The van der Waals surface area contributed by atoms with Crippen LogP contribution in [0.2, 0.25) is 0 Å². The summed E-state index contributed by atoms with van der Waals surface area (Å²) in [5.41, 5.74) is 8.63. The van der Waals surface area contributed by atoms with E-state index in [4.69, 9.17) is 5.73 Å². The van der Waals surface area contributed by atoms with Crippen LogP contribution in [0.25, 0.3) is 11.2 Å². The first-order valence-corrected chi connectivity index (χ1v) is 6.96. The highest BCUT2D eigenvalue weighted by molar-refractivity contribution is 5.74. The van der Waals surface area contributed by atoms with Gasteiger partial charge in [0.2, 0.25) is 5.95 Å². The van der Waals surface area contributed by atoms with E-state index in [0.29, 0.717) is 11.8 Å². The number of nitrogens with one attached hydrogen (secondary N) is 1. The van der Waals surface area contributed by atoms with Crippen molar-refractivity contribution in [1.29, 1.82) is 0 Å². The van der Waals surface area contributed by atoms with Gasteiger partial charge in [0, 0.05) is 32.9 Å². The Balaban J connectivity index is 0.000000168. The molecule has 0 aromatic carbocycles. The van der Waals surface area contributed by atoms with Crippen molar-refractivity contribution in [2.45, 2.75) is 13.8 Å². The third kappa shape index (κ3) is 3.44. The molecule has 23 heavy (non-hydrogen) atoms. The van der Waals surface area contributed by atoms with Crippen molar-refractivity contribution in [1.82, 2.24) is 29.1 Å². The third-order valence-corrected chi connectivity index (χ3v) is 3.26. The fourth-order valence-corrected chi connectivity index (χ4v) is 2.09. The molecular formula is C14H20N8O. The monoisotopic (exact) mass is 316 g/mol. The highest BCUT2D eigenvalue weighted by Crippen LogP contribution is 2.12. The average molecular weight is 316 g/mol. The van der Waals surface area contributed by atoms with Gasteiger partial charge in [0.1, 0.15) is 11.3 Å². The molecule has 3 aromatic rings. The van der Waals surface area contributed by atoms with Gasteiger partial charge in [-0.15, -0.1) is 0 Å². The summed E-state index contributed by atoms with van der Waals surface area (Å²) in [5, 5.41) is 2.84. The molecule has 3 rings (SSSR count). The number of anilines is 2. The van der Waals surface area contributed by atoms with E-state index in [1.165, 1.54) is 4.57 Å². The SMILES string of the molecule is CNc1nc(=O)n(C)cc1C.Cc1nc(N)nc2c1ncn2C. The summed E-state index contributed by atoms with van der Waals surface area (Å²) in [6.07, 6.45) is 3.45. The van der Waals surface area contributed by atoms with Crippen LogP contribution >= 0.6 is 0 Å². The Labute approximate surface area is 133 Å². The van der Waals surface area contributed by atoms with E-state index in [-0.39, 0.29) is 5.69 Å². The highest BCUT2D eigenvalue weighted by Gasteiger charge is 2.05. The summed E-state index contributed by atoms with van der Waals surface area (Å²) in [7, 11) is 5.30. The van der Waals surface area contributed by atoms with Gasteiger partial charge >= 0.3 is 5.69 Å². The molecule has 0 spiro atoms. The maximum Gasteiger partial charge on any atom is 0.349 e. The van der Waals surface area contributed by atoms with Crippen LogP contribution in [-0.4, -0.2) is 36.1 Å². The number of aryl methyl sites for hydroxylation is 4. The van der Waals surface area contributed by atoms with E-state index in [2.05, 4.69) is 25.3 Å². The first kappa shape index (κ1) is 16.4. The van der Waals surface area contributed by atoms with Gasteiger partial charge < -0.3 is 20.2 Å². The molecule has 3 aromatic heterocycles. The largest absolute Gasteiger partial charge is 0.373 e. The van der Waals surface area contributed by atoms with Crippen molar-refractivity contribution in [3.8, 4) is 0 Å². The molecule has 0 aliphatic rings. The van der Waals surface area contributed by atoms with Crippen LogP contribution in [0.5, 0.6) is 0 Å². The zero-order valence-corrected chi connectivity index (χ0v) is 13.8. The van der Waals surface area contributed by atoms with Crippen molar-refractivity contribution in [3.63, 3.8) is 0 Å². The van der Waals surface area contributed by atoms with Crippen molar-refractivity contribution in [2.75, 3.05) is 18.1 Å². The van der Waals surface area contributed by atoms with Crippen LogP contribution in [0.1, 0.15) is 11.3 Å². The molecule has 3 heterocycles. The quantitative estimate of drug-likeness (QED) is 0.666. The van der Waals surface area contributed by atoms with Crippen molar-refractivity contribution in [3.05, 3.63) is 34.3 Å². The fraction of sp³-hybridized carbons (Fsp3) is 0.357. The second kappa shape index (κ2) is 6.42. The molecule has 3 N–H and O–H groups in total. The van der Waals surface area contributed by atoms with Gasteiger partial charge in [-0.1, -0.05) is 0 Å². The lowest BCUT2D eigenvalue weighted by molar-refractivity contribution is 0.803. The Kier molecular flexibility index (Phi) is 4.58. The van der Waals surface area contributed by atoms with Crippen LogP contribution in [0.4, 0.5) is 11.8 Å². The van der Waals surface area contributed by atoms with E-state index in [9.17, 15) is 4.79 Å². The Morgan fingerprint density at radius 3 is 2.48 bits per heavy atom. The van der Waals surface area contributed by atoms with E-state index >= 15 is 0 Å². The normalized spacial score (nSPS) is 10.3. The Hall–Kier alpha value is -2.97. The second-order valence-electron chi connectivity index (χ2n) is 5.11. The number of nitrogens with two attached hydrogens (primary N) is 1. The summed E-state index contributed by atoms with van der Waals surface area (Å²) in [4.78, 5) is 27.0. The van der Waals surface area contributed by atoms with E-state index in [0.717, 1.165) is 22.4 Å².